The Morgan fingerprint density at radius 3 is 2.47 bits per heavy atom. The molecule has 1 saturated carbocycles. The van der Waals surface area contributed by atoms with Gasteiger partial charge in [0.05, 0.1) is 0 Å². The van der Waals surface area contributed by atoms with Gasteiger partial charge in [0.15, 0.2) is 5.78 Å². The Morgan fingerprint density at radius 2 is 1.66 bits per heavy atom. The van der Waals surface area contributed by atoms with Crippen LogP contribution in [-0.2, 0) is 22.6 Å². The third-order valence-electron chi connectivity index (χ3n) is 8.32. The lowest BCUT2D eigenvalue weighted by atomic mass is 9.75. The molecule has 0 spiro atoms. The smallest absolute Gasteiger partial charge is 0.163 e. The molecule has 1 heterocycles. The van der Waals surface area contributed by atoms with E-state index in [0.29, 0.717) is 58.2 Å². The number of carbonyl (C=O) groups is 3. The first-order chi connectivity index (χ1) is 18.5. The van der Waals surface area contributed by atoms with E-state index in [1.807, 2.05) is 42.5 Å². The first-order valence-electron chi connectivity index (χ1n) is 14.3. The summed E-state index contributed by atoms with van der Waals surface area (Å²) >= 11 is 0. The number of fused-ring (bicyclic) bond motifs is 1. The molecule has 202 valence electrons. The second-order valence-corrected chi connectivity index (χ2v) is 11.1. The normalized spacial score (nSPS) is 22.6. The van der Waals surface area contributed by atoms with Crippen molar-refractivity contribution in [2.75, 3.05) is 26.2 Å². The largest absolute Gasteiger partial charge is 0.492 e. The highest BCUT2D eigenvalue weighted by atomic mass is 16.5. The molecule has 2 aliphatic carbocycles. The zero-order valence-electron chi connectivity index (χ0n) is 22.3. The Morgan fingerprint density at radius 1 is 0.842 bits per heavy atom. The van der Waals surface area contributed by atoms with Gasteiger partial charge in [-0.3, -0.25) is 19.3 Å². The maximum Gasteiger partial charge on any atom is 0.163 e. The number of Topliss-reactive ketones (excluding diaryl/α,β-unsaturated/α-hetero) is 3. The van der Waals surface area contributed by atoms with Gasteiger partial charge in [0.25, 0.3) is 0 Å². The van der Waals surface area contributed by atoms with Gasteiger partial charge in [0.2, 0.25) is 0 Å². The second kappa shape index (κ2) is 12.7. The fraction of sp³-hybridized carbons (Fsp3) is 0.531. The lowest BCUT2D eigenvalue weighted by Gasteiger charge is -2.28. The Labute approximate surface area is 225 Å². The molecule has 2 aromatic rings. The van der Waals surface area contributed by atoms with Crippen LogP contribution in [0.15, 0.2) is 42.5 Å². The topological polar surface area (TPSA) is 72.9 Å². The van der Waals surface area contributed by atoms with Crippen LogP contribution in [0.1, 0.15) is 79.3 Å². The van der Waals surface area contributed by atoms with Gasteiger partial charge in [-0.25, -0.2) is 0 Å². The molecule has 1 aliphatic heterocycles. The minimum Gasteiger partial charge on any atom is -0.492 e. The van der Waals surface area contributed by atoms with E-state index < -0.39 is 0 Å². The highest BCUT2D eigenvalue weighted by molar-refractivity contribution is 5.99. The lowest BCUT2D eigenvalue weighted by molar-refractivity contribution is -0.126. The molecular weight excluding hydrogens is 478 g/mol. The fourth-order valence-corrected chi connectivity index (χ4v) is 6.15. The molecule has 0 aromatic heterocycles. The molecule has 5 rings (SSSR count). The first kappa shape index (κ1) is 26.6. The van der Waals surface area contributed by atoms with Crippen molar-refractivity contribution in [3.63, 3.8) is 0 Å². The number of benzene rings is 2. The Hall–Kier alpha value is -2.99. The number of hydrogen-bond acceptors (Lipinski definition) is 6. The van der Waals surface area contributed by atoms with Crippen LogP contribution in [0.2, 0.25) is 0 Å². The van der Waals surface area contributed by atoms with Crippen molar-refractivity contribution < 1.29 is 23.9 Å². The molecule has 6 heteroatoms. The van der Waals surface area contributed by atoms with Gasteiger partial charge in [0, 0.05) is 49.3 Å². The van der Waals surface area contributed by atoms with Crippen LogP contribution in [0.25, 0.3) is 0 Å². The molecule has 1 saturated heterocycles. The molecule has 3 aliphatic rings. The average molecular weight is 518 g/mol. The van der Waals surface area contributed by atoms with Gasteiger partial charge in [0.1, 0.15) is 36.3 Å². The van der Waals surface area contributed by atoms with Crippen LogP contribution in [0.5, 0.6) is 11.5 Å². The summed E-state index contributed by atoms with van der Waals surface area (Å²) in [6.07, 6.45) is 7.16. The van der Waals surface area contributed by atoms with E-state index in [2.05, 4.69) is 4.90 Å². The highest BCUT2D eigenvalue weighted by Crippen LogP contribution is 2.37. The Balaban J connectivity index is 1.18. The average Bonchev–Trinajstić information content (AvgIpc) is 3.43. The molecule has 0 N–H and O–H groups in total. The summed E-state index contributed by atoms with van der Waals surface area (Å²) in [4.78, 5) is 40.1. The summed E-state index contributed by atoms with van der Waals surface area (Å²) < 4.78 is 12.1. The van der Waals surface area contributed by atoms with Crippen LogP contribution in [-0.4, -0.2) is 48.5 Å². The molecule has 38 heavy (non-hydrogen) atoms. The first-order valence-corrected chi connectivity index (χ1v) is 14.3. The SMILES string of the molecule is O=C1CCCC(=O)C(CC2CC(=O)c3cccc(OCc4ccc(OCCN5CCCC5)cc4)c3C2)CC1. The molecule has 0 amide bonds. The van der Waals surface area contributed by atoms with Crippen molar-refractivity contribution in [2.24, 2.45) is 11.8 Å². The summed E-state index contributed by atoms with van der Waals surface area (Å²) in [5.74, 6) is 2.21. The van der Waals surface area contributed by atoms with Crippen LogP contribution >= 0.6 is 0 Å². The van der Waals surface area contributed by atoms with Crippen molar-refractivity contribution in [1.82, 2.24) is 4.90 Å². The van der Waals surface area contributed by atoms with Gasteiger partial charge >= 0.3 is 0 Å². The molecular formula is C32H39NO5. The monoisotopic (exact) mass is 517 g/mol. The van der Waals surface area contributed by atoms with Gasteiger partial charge in [-0.15, -0.1) is 0 Å². The number of carbonyl (C=O) groups excluding carboxylic acids is 3. The quantitative estimate of drug-likeness (QED) is 0.432. The number of hydrogen-bond donors (Lipinski definition) is 0. The Kier molecular flexibility index (Phi) is 8.90. The third-order valence-corrected chi connectivity index (χ3v) is 8.32. The van der Waals surface area contributed by atoms with Crippen LogP contribution in [0.4, 0.5) is 0 Å². The molecule has 2 atom stereocenters. The van der Waals surface area contributed by atoms with Gasteiger partial charge < -0.3 is 9.47 Å². The predicted octanol–water partition coefficient (Wildman–Crippen LogP) is 5.59. The summed E-state index contributed by atoms with van der Waals surface area (Å²) in [6.45, 7) is 4.43. The standard InChI is InChI=1S/C32H39NO5/c34-26-5-3-7-30(35)25(11-12-26)19-24-20-29-28(31(36)21-24)6-4-8-32(29)38-22-23-9-13-27(14-10-23)37-18-17-33-15-1-2-16-33/h4,6,8-10,13-14,24-25H,1-3,5,7,11-12,15-22H2. The van der Waals surface area contributed by atoms with E-state index in [0.717, 1.165) is 41.2 Å². The summed E-state index contributed by atoms with van der Waals surface area (Å²) in [7, 11) is 0. The van der Waals surface area contributed by atoms with Crippen molar-refractivity contribution in [3.8, 4) is 11.5 Å². The van der Waals surface area contributed by atoms with Crippen molar-refractivity contribution in [1.29, 1.82) is 0 Å². The summed E-state index contributed by atoms with van der Waals surface area (Å²) in [5.41, 5.74) is 2.72. The molecule has 2 aromatic carbocycles. The van der Waals surface area contributed by atoms with E-state index >= 15 is 0 Å². The predicted molar refractivity (Wildman–Crippen MR) is 146 cm³/mol. The molecule has 6 nitrogen and oxygen atoms in total. The number of nitrogens with zero attached hydrogens (tertiary/aromatic N) is 1. The van der Waals surface area contributed by atoms with Crippen LogP contribution in [0, 0.1) is 11.8 Å². The van der Waals surface area contributed by atoms with Crippen molar-refractivity contribution in [3.05, 3.63) is 59.2 Å². The van der Waals surface area contributed by atoms with Gasteiger partial charge in [-0.05, 0) is 81.3 Å². The molecule has 2 unspecified atom stereocenters. The maximum absolute atomic E-state index is 13.0. The minimum atomic E-state index is -0.122. The summed E-state index contributed by atoms with van der Waals surface area (Å²) in [5, 5.41) is 0. The fourth-order valence-electron chi connectivity index (χ4n) is 6.15. The van der Waals surface area contributed by atoms with Crippen LogP contribution in [0.3, 0.4) is 0 Å². The number of ether oxygens (including phenoxy) is 2. The third kappa shape index (κ3) is 6.90. The van der Waals surface area contributed by atoms with E-state index in [4.69, 9.17) is 9.47 Å². The summed E-state index contributed by atoms with van der Waals surface area (Å²) in [6, 6.07) is 13.7. The molecule has 0 bridgehead atoms. The molecule has 2 fully saturated rings. The Bertz CT molecular complexity index is 1140. The zero-order chi connectivity index (χ0) is 26.3. The minimum absolute atomic E-state index is 0.0974. The number of likely N-dealkylation sites (tertiary alicyclic amines) is 1. The lowest BCUT2D eigenvalue weighted by Crippen LogP contribution is -2.27. The van der Waals surface area contributed by atoms with E-state index in [1.165, 1.54) is 25.9 Å². The van der Waals surface area contributed by atoms with E-state index in [-0.39, 0.29) is 29.2 Å². The van der Waals surface area contributed by atoms with E-state index in [9.17, 15) is 14.4 Å². The van der Waals surface area contributed by atoms with Gasteiger partial charge in [-0.2, -0.15) is 0 Å². The maximum atomic E-state index is 13.0. The van der Waals surface area contributed by atoms with Crippen molar-refractivity contribution in [2.45, 2.75) is 70.8 Å². The van der Waals surface area contributed by atoms with Crippen molar-refractivity contribution >= 4 is 17.3 Å². The van der Waals surface area contributed by atoms with E-state index in [1.54, 1.807) is 0 Å². The number of ketones is 3. The zero-order valence-corrected chi connectivity index (χ0v) is 22.3. The van der Waals surface area contributed by atoms with Gasteiger partial charge in [-0.1, -0.05) is 24.3 Å². The van der Waals surface area contributed by atoms with Crippen LogP contribution < -0.4 is 9.47 Å². The molecule has 0 radical (unpaired) electrons. The highest BCUT2D eigenvalue weighted by Gasteiger charge is 2.32. The number of rotatable bonds is 9. The second-order valence-electron chi connectivity index (χ2n) is 11.1.